The van der Waals surface area contributed by atoms with Gasteiger partial charge in [-0.1, -0.05) is 26.7 Å². The average molecular weight is 248 g/mol. The van der Waals surface area contributed by atoms with Crippen molar-refractivity contribution in [2.75, 3.05) is 17.6 Å². The van der Waals surface area contributed by atoms with E-state index in [1.807, 2.05) is 13.0 Å². The molecule has 1 saturated carbocycles. The Kier molecular flexibility index (Phi) is 4.04. The number of nitrogens with zero attached hydrogens (tertiary/aromatic N) is 2. The van der Waals surface area contributed by atoms with Gasteiger partial charge in [0.05, 0.1) is 0 Å². The van der Waals surface area contributed by atoms with Crippen molar-refractivity contribution in [2.24, 2.45) is 5.41 Å². The molecule has 0 bridgehead atoms. The molecule has 100 valence electrons. The molecule has 4 nitrogen and oxygen atoms in total. The number of nitrogen functional groups attached to an aromatic ring is 1. The summed E-state index contributed by atoms with van der Waals surface area (Å²) in [6.45, 7) is 5.34. The minimum atomic E-state index is 0.464. The van der Waals surface area contributed by atoms with Crippen LogP contribution in [0, 0.1) is 5.41 Å². The lowest BCUT2D eigenvalue weighted by atomic mass is 9.83. The number of hydrogen-bond donors (Lipinski definition) is 2. The topological polar surface area (TPSA) is 63.8 Å². The first-order valence-electron chi connectivity index (χ1n) is 7.05. The fourth-order valence-electron chi connectivity index (χ4n) is 2.82. The highest BCUT2D eigenvalue weighted by atomic mass is 15.1. The van der Waals surface area contributed by atoms with Crippen LogP contribution in [-0.4, -0.2) is 16.5 Å². The highest BCUT2D eigenvalue weighted by molar-refractivity contribution is 5.44. The number of aryl methyl sites for hydroxylation is 1. The maximum absolute atomic E-state index is 5.79. The molecule has 0 spiro atoms. The predicted molar refractivity (Wildman–Crippen MR) is 75.5 cm³/mol. The van der Waals surface area contributed by atoms with Crippen molar-refractivity contribution in [3.63, 3.8) is 0 Å². The van der Waals surface area contributed by atoms with Gasteiger partial charge in [0.25, 0.3) is 0 Å². The number of aromatic nitrogens is 2. The van der Waals surface area contributed by atoms with E-state index in [2.05, 4.69) is 22.2 Å². The highest BCUT2D eigenvalue weighted by Crippen LogP contribution is 2.40. The molecule has 0 amide bonds. The monoisotopic (exact) mass is 248 g/mol. The van der Waals surface area contributed by atoms with E-state index in [-0.39, 0.29) is 0 Å². The molecule has 1 aliphatic carbocycles. The van der Waals surface area contributed by atoms with Crippen LogP contribution in [0.4, 0.5) is 11.6 Å². The van der Waals surface area contributed by atoms with E-state index in [0.29, 0.717) is 11.2 Å². The number of rotatable bonds is 5. The van der Waals surface area contributed by atoms with Gasteiger partial charge in [-0.2, -0.15) is 0 Å². The van der Waals surface area contributed by atoms with Crippen LogP contribution in [0.5, 0.6) is 0 Å². The van der Waals surface area contributed by atoms with E-state index in [1.54, 1.807) is 0 Å². The van der Waals surface area contributed by atoms with E-state index >= 15 is 0 Å². The second kappa shape index (κ2) is 5.55. The van der Waals surface area contributed by atoms with Crippen LogP contribution < -0.4 is 11.1 Å². The summed E-state index contributed by atoms with van der Waals surface area (Å²) in [6, 6.07) is 1.83. The fourth-order valence-corrected chi connectivity index (χ4v) is 2.82. The van der Waals surface area contributed by atoms with Crippen LogP contribution in [0.15, 0.2) is 6.07 Å². The van der Waals surface area contributed by atoms with E-state index in [4.69, 9.17) is 5.73 Å². The summed E-state index contributed by atoms with van der Waals surface area (Å²) in [5.74, 6) is 2.25. The van der Waals surface area contributed by atoms with Gasteiger partial charge in [0.1, 0.15) is 17.5 Å². The summed E-state index contributed by atoms with van der Waals surface area (Å²) in [5.41, 5.74) is 6.26. The van der Waals surface area contributed by atoms with Crippen molar-refractivity contribution >= 4 is 11.6 Å². The number of anilines is 2. The van der Waals surface area contributed by atoms with E-state index < -0.39 is 0 Å². The normalized spacial score (nSPS) is 17.9. The molecule has 0 unspecified atom stereocenters. The summed E-state index contributed by atoms with van der Waals surface area (Å²) in [7, 11) is 0. The zero-order valence-electron chi connectivity index (χ0n) is 11.5. The molecule has 4 heteroatoms. The molecule has 1 aliphatic rings. The van der Waals surface area contributed by atoms with Crippen LogP contribution >= 0.6 is 0 Å². The van der Waals surface area contributed by atoms with E-state index in [1.165, 1.54) is 32.1 Å². The summed E-state index contributed by atoms with van der Waals surface area (Å²) in [5, 5.41) is 3.46. The molecule has 0 aromatic carbocycles. The van der Waals surface area contributed by atoms with Crippen molar-refractivity contribution in [2.45, 2.75) is 52.4 Å². The maximum atomic E-state index is 5.79. The largest absolute Gasteiger partial charge is 0.384 e. The molecule has 1 aromatic heterocycles. The van der Waals surface area contributed by atoms with Gasteiger partial charge >= 0.3 is 0 Å². The molecule has 1 heterocycles. The third-order valence-electron chi connectivity index (χ3n) is 4.17. The van der Waals surface area contributed by atoms with Crippen LogP contribution in [0.3, 0.4) is 0 Å². The number of nitrogens with two attached hydrogens (primary N) is 1. The Morgan fingerprint density at radius 1 is 1.28 bits per heavy atom. The molecule has 2 rings (SSSR count). The smallest absolute Gasteiger partial charge is 0.132 e. The molecular weight excluding hydrogens is 224 g/mol. The first-order valence-corrected chi connectivity index (χ1v) is 7.05. The maximum Gasteiger partial charge on any atom is 0.132 e. The standard InChI is InChI=1S/C14H24N4/c1-3-12-17-11(15)9-13(18-12)16-10-14(4-2)7-5-6-8-14/h9H,3-8,10H2,1-2H3,(H3,15,16,17,18). The Morgan fingerprint density at radius 2 is 2.00 bits per heavy atom. The molecule has 0 radical (unpaired) electrons. The molecule has 1 aromatic rings. The van der Waals surface area contributed by atoms with E-state index in [0.717, 1.165) is 24.6 Å². The van der Waals surface area contributed by atoms with Gasteiger partial charge in [-0.25, -0.2) is 9.97 Å². The van der Waals surface area contributed by atoms with Gasteiger partial charge in [-0.05, 0) is 24.7 Å². The second-order valence-corrected chi connectivity index (χ2v) is 5.36. The fraction of sp³-hybridized carbons (Fsp3) is 0.714. The Hall–Kier alpha value is -1.32. The summed E-state index contributed by atoms with van der Waals surface area (Å²) >= 11 is 0. The van der Waals surface area contributed by atoms with Gasteiger partial charge < -0.3 is 11.1 Å². The second-order valence-electron chi connectivity index (χ2n) is 5.36. The molecule has 18 heavy (non-hydrogen) atoms. The molecule has 3 N–H and O–H groups in total. The lowest BCUT2D eigenvalue weighted by Gasteiger charge is -2.28. The van der Waals surface area contributed by atoms with Crippen LogP contribution in [0.25, 0.3) is 0 Å². The minimum absolute atomic E-state index is 0.464. The number of hydrogen-bond acceptors (Lipinski definition) is 4. The minimum Gasteiger partial charge on any atom is -0.384 e. The third kappa shape index (κ3) is 2.92. The van der Waals surface area contributed by atoms with Crippen molar-refractivity contribution in [3.05, 3.63) is 11.9 Å². The summed E-state index contributed by atoms with van der Waals surface area (Å²) in [4.78, 5) is 8.67. The molecule has 1 fully saturated rings. The van der Waals surface area contributed by atoms with Crippen molar-refractivity contribution in [3.8, 4) is 0 Å². The first kappa shape index (κ1) is 13.1. The van der Waals surface area contributed by atoms with Crippen molar-refractivity contribution in [1.29, 1.82) is 0 Å². The zero-order valence-corrected chi connectivity index (χ0v) is 11.5. The molecule has 0 saturated heterocycles. The summed E-state index contributed by atoms with van der Waals surface area (Å²) in [6.07, 6.45) is 7.44. The van der Waals surface area contributed by atoms with Gasteiger partial charge in [-0.15, -0.1) is 0 Å². The average Bonchev–Trinajstić information content (AvgIpc) is 2.85. The highest BCUT2D eigenvalue weighted by Gasteiger charge is 2.31. The van der Waals surface area contributed by atoms with E-state index in [9.17, 15) is 0 Å². The van der Waals surface area contributed by atoms with Crippen molar-refractivity contribution < 1.29 is 0 Å². The third-order valence-corrected chi connectivity index (χ3v) is 4.17. The molecular formula is C14H24N4. The Morgan fingerprint density at radius 3 is 2.61 bits per heavy atom. The van der Waals surface area contributed by atoms with Crippen LogP contribution in [-0.2, 0) is 6.42 Å². The Labute approximate surface area is 109 Å². The molecule has 0 atom stereocenters. The quantitative estimate of drug-likeness (QED) is 0.840. The summed E-state index contributed by atoms with van der Waals surface area (Å²) < 4.78 is 0. The first-order chi connectivity index (χ1) is 8.67. The van der Waals surface area contributed by atoms with Gasteiger partial charge in [0.15, 0.2) is 0 Å². The zero-order chi connectivity index (χ0) is 13.0. The van der Waals surface area contributed by atoms with Gasteiger partial charge in [0.2, 0.25) is 0 Å². The molecule has 0 aliphatic heterocycles. The lowest BCUT2D eigenvalue weighted by molar-refractivity contribution is 0.306. The van der Waals surface area contributed by atoms with Gasteiger partial charge in [0, 0.05) is 19.0 Å². The Balaban J connectivity index is 2.03. The van der Waals surface area contributed by atoms with Gasteiger partial charge in [-0.3, -0.25) is 0 Å². The Bertz CT molecular complexity index is 397. The van der Waals surface area contributed by atoms with Crippen LogP contribution in [0.1, 0.15) is 51.8 Å². The SMILES string of the molecule is CCc1nc(N)cc(NCC2(CC)CCCC2)n1. The predicted octanol–water partition coefficient (Wildman–Crippen LogP) is 3.00. The van der Waals surface area contributed by atoms with Crippen LogP contribution in [0.2, 0.25) is 0 Å². The lowest BCUT2D eigenvalue weighted by Crippen LogP contribution is -2.26. The van der Waals surface area contributed by atoms with Crippen molar-refractivity contribution in [1.82, 2.24) is 9.97 Å². The number of nitrogens with one attached hydrogen (secondary N) is 1.